The van der Waals surface area contributed by atoms with Gasteiger partial charge < -0.3 is 19.1 Å². The molecule has 9 nitrogen and oxygen atoms in total. The van der Waals surface area contributed by atoms with Crippen LogP contribution in [0, 0.1) is 17.0 Å². The van der Waals surface area contributed by atoms with Gasteiger partial charge in [0.1, 0.15) is 12.2 Å². The van der Waals surface area contributed by atoms with Gasteiger partial charge in [-0.05, 0) is 24.5 Å². The summed E-state index contributed by atoms with van der Waals surface area (Å²) in [7, 11) is 2.97. The Morgan fingerprint density at radius 1 is 1.06 bits per heavy atom. The number of amides is 1. The van der Waals surface area contributed by atoms with Crippen LogP contribution in [0.5, 0.6) is 11.5 Å². The maximum absolute atomic E-state index is 13.3. The molecule has 0 bridgehead atoms. The van der Waals surface area contributed by atoms with Crippen LogP contribution in [0.1, 0.15) is 27.9 Å². The summed E-state index contributed by atoms with van der Waals surface area (Å²) < 4.78 is 15.9. The summed E-state index contributed by atoms with van der Waals surface area (Å²) in [5.74, 6) is 0.107. The number of carbonyl (C=O) groups excluding carboxylic acids is 1. The van der Waals surface area contributed by atoms with Gasteiger partial charge in [-0.1, -0.05) is 24.3 Å². The standard InChI is InChI=1S/C24H31N3O6/c1-18-7-4-5-8-19(18)17-25-9-6-10-26(12-11-25)24(28)20-15-22(32-3)23(33-14-13-31-2)16-21(20)27(29)30/h4-5,7-8,15-16H,6,9-14,17H2,1-3H3. The minimum absolute atomic E-state index is 0.00305. The summed E-state index contributed by atoms with van der Waals surface area (Å²) in [4.78, 5) is 28.5. The van der Waals surface area contributed by atoms with E-state index in [0.717, 1.165) is 19.5 Å². The predicted molar refractivity (Wildman–Crippen MR) is 124 cm³/mol. The number of hydrogen-bond acceptors (Lipinski definition) is 7. The van der Waals surface area contributed by atoms with E-state index in [2.05, 4.69) is 24.0 Å². The van der Waals surface area contributed by atoms with E-state index in [4.69, 9.17) is 14.2 Å². The lowest BCUT2D eigenvalue weighted by Gasteiger charge is -2.23. The van der Waals surface area contributed by atoms with E-state index in [1.165, 1.54) is 37.5 Å². The number of methoxy groups -OCH3 is 2. The third-order valence-electron chi connectivity index (χ3n) is 5.79. The molecule has 0 unspecified atom stereocenters. The first-order chi connectivity index (χ1) is 15.9. The lowest BCUT2D eigenvalue weighted by Crippen LogP contribution is -2.35. The molecule has 2 aromatic carbocycles. The van der Waals surface area contributed by atoms with Gasteiger partial charge in [-0.2, -0.15) is 0 Å². The molecule has 2 aromatic rings. The molecular formula is C24H31N3O6. The molecule has 1 amide bonds. The van der Waals surface area contributed by atoms with Gasteiger partial charge in [0.15, 0.2) is 11.5 Å². The predicted octanol–water partition coefficient (Wildman–Crippen LogP) is 3.29. The van der Waals surface area contributed by atoms with Crippen molar-refractivity contribution in [3.05, 3.63) is 63.2 Å². The highest BCUT2D eigenvalue weighted by atomic mass is 16.6. The zero-order chi connectivity index (χ0) is 23.8. The van der Waals surface area contributed by atoms with E-state index < -0.39 is 4.92 Å². The van der Waals surface area contributed by atoms with Gasteiger partial charge in [0.2, 0.25) is 0 Å². The van der Waals surface area contributed by atoms with Crippen LogP contribution in [0.15, 0.2) is 36.4 Å². The van der Waals surface area contributed by atoms with Gasteiger partial charge in [0, 0.05) is 45.9 Å². The van der Waals surface area contributed by atoms with E-state index in [1.807, 2.05) is 12.1 Å². The second-order valence-electron chi connectivity index (χ2n) is 7.97. The molecule has 3 rings (SSSR count). The van der Waals surface area contributed by atoms with Crippen LogP contribution in [0.25, 0.3) is 0 Å². The second-order valence-corrected chi connectivity index (χ2v) is 7.97. The summed E-state index contributed by atoms with van der Waals surface area (Å²) in [5, 5.41) is 11.8. The van der Waals surface area contributed by atoms with Crippen LogP contribution in [0.2, 0.25) is 0 Å². The Morgan fingerprint density at radius 3 is 2.55 bits per heavy atom. The molecule has 178 valence electrons. The third-order valence-corrected chi connectivity index (χ3v) is 5.79. The van der Waals surface area contributed by atoms with Crippen molar-refractivity contribution in [1.29, 1.82) is 0 Å². The first kappa shape index (κ1) is 24.5. The van der Waals surface area contributed by atoms with Gasteiger partial charge in [0.25, 0.3) is 11.6 Å². The van der Waals surface area contributed by atoms with E-state index in [-0.39, 0.29) is 35.3 Å². The van der Waals surface area contributed by atoms with Crippen molar-refractivity contribution in [2.75, 3.05) is 53.6 Å². The fourth-order valence-electron chi connectivity index (χ4n) is 3.91. The number of nitro groups is 1. The Bertz CT molecular complexity index is 981. The van der Waals surface area contributed by atoms with Gasteiger partial charge in [-0.15, -0.1) is 0 Å². The van der Waals surface area contributed by atoms with Crippen LogP contribution in [0.3, 0.4) is 0 Å². The molecule has 0 saturated carbocycles. The third kappa shape index (κ3) is 6.21. The molecule has 0 N–H and O–H groups in total. The molecule has 0 aromatic heterocycles. The van der Waals surface area contributed by atoms with Gasteiger partial charge in [-0.3, -0.25) is 19.8 Å². The van der Waals surface area contributed by atoms with Crippen molar-refractivity contribution in [2.24, 2.45) is 0 Å². The number of rotatable bonds is 9. The Kier molecular flexibility index (Phi) is 8.62. The Balaban J connectivity index is 1.76. The quantitative estimate of drug-likeness (QED) is 0.324. The second kappa shape index (κ2) is 11.6. The maximum atomic E-state index is 13.3. The molecule has 33 heavy (non-hydrogen) atoms. The highest BCUT2D eigenvalue weighted by Crippen LogP contribution is 2.35. The minimum Gasteiger partial charge on any atom is -0.493 e. The molecule has 9 heteroatoms. The SMILES string of the molecule is COCCOc1cc([N+](=O)[O-])c(C(=O)N2CCCN(Cc3ccccc3C)CC2)cc1OC. The number of benzene rings is 2. The van der Waals surface area contributed by atoms with Crippen LogP contribution in [-0.2, 0) is 11.3 Å². The summed E-state index contributed by atoms with van der Waals surface area (Å²) >= 11 is 0. The number of aryl methyl sites for hydroxylation is 1. The molecule has 1 aliphatic heterocycles. The molecule has 1 saturated heterocycles. The smallest absolute Gasteiger partial charge is 0.286 e. The van der Waals surface area contributed by atoms with Crippen LogP contribution >= 0.6 is 0 Å². The van der Waals surface area contributed by atoms with Crippen LogP contribution in [-0.4, -0.2) is 74.2 Å². The first-order valence-electron chi connectivity index (χ1n) is 11.0. The van der Waals surface area contributed by atoms with Crippen LogP contribution in [0.4, 0.5) is 5.69 Å². The van der Waals surface area contributed by atoms with Crippen molar-refractivity contribution < 1.29 is 23.9 Å². The number of nitrogens with zero attached hydrogens (tertiary/aromatic N) is 3. The molecular weight excluding hydrogens is 426 g/mol. The number of carbonyl (C=O) groups is 1. The van der Waals surface area contributed by atoms with E-state index in [1.54, 1.807) is 4.90 Å². The van der Waals surface area contributed by atoms with Gasteiger partial charge >= 0.3 is 0 Å². The van der Waals surface area contributed by atoms with E-state index in [0.29, 0.717) is 26.2 Å². The zero-order valence-corrected chi connectivity index (χ0v) is 19.4. The maximum Gasteiger partial charge on any atom is 0.286 e. The normalized spacial score (nSPS) is 14.6. The highest BCUT2D eigenvalue weighted by molar-refractivity contribution is 5.99. The Labute approximate surface area is 194 Å². The molecule has 1 heterocycles. The Morgan fingerprint density at radius 2 is 1.85 bits per heavy atom. The fraction of sp³-hybridized carbons (Fsp3) is 0.458. The lowest BCUT2D eigenvalue weighted by molar-refractivity contribution is -0.385. The molecule has 0 radical (unpaired) electrons. The van der Waals surface area contributed by atoms with E-state index in [9.17, 15) is 14.9 Å². The minimum atomic E-state index is -0.557. The molecule has 1 fully saturated rings. The first-order valence-corrected chi connectivity index (χ1v) is 11.0. The fourth-order valence-corrected chi connectivity index (χ4v) is 3.91. The number of ether oxygens (including phenoxy) is 3. The number of hydrogen-bond donors (Lipinski definition) is 0. The van der Waals surface area contributed by atoms with Gasteiger partial charge in [0.05, 0.1) is 24.7 Å². The summed E-state index contributed by atoms with van der Waals surface area (Å²) in [6.07, 6.45) is 0.792. The molecule has 0 aliphatic carbocycles. The van der Waals surface area contributed by atoms with Crippen molar-refractivity contribution in [1.82, 2.24) is 9.80 Å². The van der Waals surface area contributed by atoms with Crippen molar-refractivity contribution in [3.8, 4) is 11.5 Å². The largest absolute Gasteiger partial charge is 0.493 e. The number of nitro benzene ring substituents is 1. The Hall–Kier alpha value is -3.17. The topological polar surface area (TPSA) is 94.4 Å². The highest BCUT2D eigenvalue weighted by Gasteiger charge is 2.29. The summed E-state index contributed by atoms with van der Waals surface area (Å²) in [6.45, 7) is 6.03. The molecule has 0 spiro atoms. The van der Waals surface area contributed by atoms with Crippen LogP contribution < -0.4 is 9.47 Å². The molecule has 1 aliphatic rings. The average Bonchev–Trinajstić information content (AvgIpc) is 3.05. The van der Waals surface area contributed by atoms with Gasteiger partial charge in [-0.25, -0.2) is 0 Å². The van der Waals surface area contributed by atoms with Crippen molar-refractivity contribution in [3.63, 3.8) is 0 Å². The monoisotopic (exact) mass is 457 g/mol. The van der Waals surface area contributed by atoms with E-state index >= 15 is 0 Å². The van der Waals surface area contributed by atoms with Crippen molar-refractivity contribution in [2.45, 2.75) is 19.9 Å². The average molecular weight is 458 g/mol. The lowest BCUT2D eigenvalue weighted by atomic mass is 10.1. The summed E-state index contributed by atoms with van der Waals surface area (Å²) in [6, 6.07) is 10.9. The molecule has 0 atom stereocenters. The zero-order valence-electron chi connectivity index (χ0n) is 19.4. The van der Waals surface area contributed by atoms with Crippen molar-refractivity contribution >= 4 is 11.6 Å². The summed E-state index contributed by atoms with van der Waals surface area (Å²) in [5.41, 5.74) is 2.21.